The largest absolute Gasteiger partial charge is 0.490 e. The van der Waals surface area contributed by atoms with Crippen molar-refractivity contribution in [2.24, 2.45) is 0 Å². The Hall–Kier alpha value is -3.23. The van der Waals surface area contributed by atoms with Crippen LogP contribution in [0, 0.1) is 11.3 Å². The molecule has 2 aliphatic rings. The minimum Gasteiger partial charge on any atom is -0.490 e. The molecule has 4 rings (SSSR count). The fourth-order valence-electron chi connectivity index (χ4n) is 3.89. The molecule has 2 saturated heterocycles. The van der Waals surface area contributed by atoms with Gasteiger partial charge in [0.1, 0.15) is 17.9 Å². The van der Waals surface area contributed by atoms with Gasteiger partial charge in [-0.3, -0.25) is 9.69 Å². The van der Waals surface area contributed by atoms with Crippen molar-refractivity contribution in [3.8, 4) is 11.8 Å². The van der Waals surface area contributed by atoms with Crippen molar-refractivity contribution in [3.05, 3.63) is 47.8 Å². The number of hydrogen-bond donors (Lipinski definition) is 0. The normalized spacial score (nSPS) is 17.9. The van der Waals surface area contributed by atoms with E-state index in [0.29, 0.717) is 37.6 Å². The standard InChI is InChI=1S/C23H21F3N4O3S/c24-23(25,26)19-12-16(14-28-20(19)13-27)30-21(31)2-1-9-29(22(30)34)15-3-5-17(6-4-15)33-18-7-10-32-11-8-18/h3-6,12,14,18H,1-2,7-11H2. The van der Waals surface area contributed by atoms with Gasteiger partial charge in [-0.25, -0.2) is 4.98 Å². The molecule has 2 aromatic rings. The van der Waals surface area contributed by atoms with Crippen LogP contribution in [0.2, 0.25) is 0 Å². The van der Waals surface area contributed by atoms with Crippen LogP contribution in [0.5, 0.6) is 5.75 Å². The lowest BCUT2D eigenvalue weighted by molar-refractivity contribution is -0.138. The summed E-state index contributed by atoms with van der Waals surface area (Å²) in [7, 11) is 0. The first-order valence-corrected chi connectivity index (χ1v) is 11.1. The Morgan fingerprint density at radius 2 is 1.88 bits per heavy atom. The molecule has 1 amide bonds. The van der Waals surface area contributed by atoms with Crippen molar-refractivity contribution in [2.45, 2.75) is 38.0 Å². The molecule has 34 heavy (non-hydrogen) atoms. The molecular formula is C23H21F3N4O3S. The quantitative estimate of drug-likeness (QED) is 0.586. The first-order valence-electron chi connectivity index (χ1n) is 10.7. The number of benzene rings is 1. The van der Waals surface area contributed by atoms with Gasteiger partial charge in [-0.05, 0) is 49.0 Å². The zero-order valence-corrected chi connectivity index (χ0v) is 18.9. The zero-order valence-electron chi connectivity index (χ0n) is 18.0. The molecule has 3 heterocycles. The smallest absolute Gasteiger partial charge is 0.419 e. The average molecular weight is 491 g/mol. The predicted molar refractivity (Wildman–Crippen MR) is 122 cm³/mol. The lowest BCUT2D eigenvalue weighted by atomic mass is 10.1. The van der Waals surface area contributed by atoms with Crippen LogP contribution >= 0.6 is 12.2 Å². The second-order valence-electron chi connectivity index (χ2n) is 7.89. The van der Waals surface area contributed by atoms with Crippen LogP contribution in [0.3, 0.4) is 0 Å². The number of ether oxygens (including phenoxy) is 2. The van der Waals surface area contributed by atoms with E-state index >= 15 is 0 Å². The van der Waals surface area contributed by atoms with Crippen LogP contribution in [0.25, 0.3) is 0 Å². The molecular weight excluding hydrogens is 469 g/mol. The van der Waals surface area contributed by atoms with E-state index in [0.717, 1.165) is 30.0 Å². The van der Waals surface area contributed by atoms with Crippen LogP contribution in [-0.4, -0.2) is 41.9 Å². The van der Waals surface area contributed by atoms with E-state index < -0.39 is 23.3 Å². The number of aromatic nitrogens is 1. The van der Waals surface area contributed by atoms with Crippen molar-refractivity contribution in [1.82, 2.24) is 4.98 Å². The molecule has 7 nitrogen and oxygen atoms in total. The van der Waals surface area contributed by atoms with Gasteiger partial charge >= 0.3 is 6.18 Å². The van der Waals surface area contributed by atoms with Gasteiger partial charge in [-0.2, -0.15) is 18.4 Å². The van der Waals surface area contributed by atoms with E-state index in [1.807, 2.05) is 0 Å². The van der Waals surface area contributed by atoms with E-state index in [1.54, 1.807) is 29.2 Å². The van der Waals surface area contributed by atoms with Crippen molar-refractivity contribution in [2.75, 3.05) is 29.6 Å². The van der Waals surface area contributed by atoms with Gasteiger partial charge in [0, 0.05) is 31.5 Å². The minimum absolute atomic E-state index is 0.0419. The van der Waals surface area contributed by atoms with Gasteiger partial charge < -0.3 is 14.4 Å². The maximum Gasteiger partial charge on any atom is 0.419 e. The van der Waals surface area contributed by atoms with Crippen molar-refractivity contribution >= 4 is 34.6 Å². The third-order valence-corrected chi connectivity index (χ3v) is 6.01. The number of carbonyl (C=O) groups is 1. The molecule has 0 radical (unpaired) electrons. The summed E-state index contributed by atoms with van der Waals surface area (Å²) in [5, 5.41) is 9.05. The number of pyridine rings is 1. The molecule has 0 saturated carbocycles. The van der Waals surface area contributed by atoms with Crippen LogP contribution in [-0.2, 0) is 15.7 Å². The van der Waals surface area contributed by atoms with E-state index in [-0.39, 0.29) is 23.3 Å². The Morgan fingerprint density at radius 3 is 2.53 bits per heavy atom. The molecule has 11 heteroatoms. The molecule has 0 atom stereocenters. The first kappa shape index (κ1) is 23.9. The van der Waals surface area contributed by atoms with Gasteiger partial charge in [-0.1, -0.05) is 0 Å². The van der Waals surface area contributed by atoms with Crippen LogP contribution in [0.1, 0.15) is 36.9 Å². The summed E-state index contributed by atoms with van der Waals surface area (Å²) in [6.07, 6.45) is -1.47. The number of carbonyl (C=O) groups excluding carboxylic acids is 1. The fraction of sp³-hybridized carbons (Fsp3) is 0.391. The SMILES string of the molecule is N#Cc1ncc(N2C(=O)CCCN(c3ccc(OC4CCOCC4)cc3)C2=S)cc1C(F)(F)F. The molecule has 0 aliphatic carbocycles. The first-order chi connectivity index (χ1) is 16.3. The van der Waals surface area contributed by atoms with E-state index in [4.69, 9.17) is 27.0 Å². The van der Waals surface area contributed by atoms with E-state index in [1.165, 1.54) is 6.07 Å². The predicted octanol–water partition coefficient (Wildman–Crippen LogP) is 4.45. The summed E-state index contributed by atoms with van der Waals surface area (Å²) in [5.41, 5.74) is -1.43. The summed E-state index contributed by atoms with van der Waals surface area (Å²) in [4.78, 5) is 19.2. The van der Waals surface area contributed by atoms with Crippen molar-refractivity contribution in [1.29, 1.82) is 5.26 Å². The van der Waals surface area contributed by atoms with E-state index in [9.17, 15) is 18.0 Å². The van der Waals surface area contributed by atoms with Gasteiger partial charge in [0.05, 0.1) is 30.7 Å². The molecule has 0 N–H and O–H groups in total. The van der Waals surface area contributed by atoms with Gasteiger partial charge in [-0.15, -0.1) is 0 Å². The highest BCUT2D eigenvalue weighted by Crippen LogP contribution is 2.35. The molecule has 0 unspecified atom stereocenters. The minimum atomic E-state index is -4.80. The molecule has 178 valence electrons. The summed E-state index contributed by atoms with van der Waals surface area (Å²) in [6, 6.07) is 9.38. The molecule has 1 aromatic carbocycles. The highest BCUT2D eigenvalue weighted by Gasteiger charge is 2.37. The van der Waals surface area contributed by atoms with Gasteiger partial charge in [0.2, 0.25) is 5.91 Å². The van der Waals surface area contributed by atoms with Crippen LogP contribution in [0.15, 0.2) is 36.5 Å². The third kappa shape index (κ3) is 5.13. The number of hydrogen-bond acceptors (Lipinski definition) is 6. The highest BCUT2D eigenvalue weighted by atomic mass is 32.1. The number of nitriles is 1. The number of rotatable bonds is 4. The molecule has 0 bridgehead atoms. The maximum atomic E-state index is 13.4. The topological polar surface area (TPSA) is 78.7 Å². The molecule has 2 fully saturated rings. The van der Waals surface area contributed by atoms with Crippen molar-refractivity contribution in [3.63, 3.8) is 0 Å². The third-order valence-electron chi connectivity index (χ3n) is 5.61. The fourth-order valence-corrected chi connectivity index (χ4v) is 4.29. The van der Waals surface area contributed by atoms with Gasteiger partial charge in [0.15, 0.2) is 10.8 Å². The van der Waals surface area contributed by atoms with Crippen LogP contribution < -0.4 is 14.5 Å². The van der Waals surface area contributed by atoms with E-state index in [2.05, 4.69) is 4.98 Å². The van der Waals surface area contributed by atoms with Crippen LogP contribution in [0.4, 0.5) is 24.5 Å². The summed E-state index contributed by atoms with van der Waals surface area (Å²) >= 11 is 5.55. The zero-order chi connectivity index (χ0) is 24.3. The summed E-state index contributed by atoms with van der Waals surface area (Å²) in [6.45, 7) is 1.74. The van der Waals surface area contributed by atoms with Gasteiger partial charge in [0.25, 0.3) is 0 Å². The number of halogens is 3. The average Bonchev–Trinajstić information content (AvgIpc) is 2.97. The second-order valence-corrected chi connectivity index (χ2v) is 8.25. The Balaban J connectivity index is 1.60. The number of thiocarbonyl (C=S) groups is 1. The Bertz CT molecular complexity index is 1110. The number of anilines is 2. The number of alkyl halides is 3. The molecule has 2 aliphatic heterocycles. The second kappa shape index (κ2) is 9.95. The molecule has 1 aromatic heterocycles. The Labute approximate surface area is 199 Å². The maximum absolute atomic E-state index is 13.4. The molecule has 0 spiro atoms. The monoisotopic (exact) mass is 490 g/mol. The summed E-state index contributed by atoms with van der Waals surface area (Å²) in [5.74, 6) is 0.252. The number of amides is 1. The highest BCUT2D eigenvalue weighted by molar-refractivity contribution is 7.81. The number of nitrogens with zero attached hydrogens (tertiary/aromatic N) is 4. The lowest BCUT2D eigenvalue weighted by Gasteiger charge is -2.30. The Morgan fingerprint density at radius 1 is 1.18 bits per heavy atom. The Kier molecular flexibility index (Phi) is 7.00. The summed E-state index contributed by atoms with van der Waals surface area (Å²) < 4.78 is 51.7. The van der Waals surface area contributed by atoms with Crippen molar-refractivity contribution < 1.29 is 27.4 Å². The lowest BCUT2D eigenvalue weighted by Crippen LogP contribution is -2.44.